The standard InChI is InChI=1S/C24H22ClN3O4S/c1-16-7-10-19(13-17(16)2)28(33(31,32)20-11-8-18(25)9-12-20)15-24(30)27-14-23(29)26-21-5-3-4-6-22(21)27/h3-13H,14-15H2,1-2H3,(H,26,29). The van der Waals surface area contributed by atoms with Gasteiger partial charge in [0, 0.05) is 5.02 Å². The third kappa shape index (κ3) is 4.58. The van der Waals surface area contributed by atoms with E-state index < -0.39 is 22.5 Å². The molecule has 0 radical (unpaired) electrons. The average molecular weight is 484 g/mol. The van der Waals surface area contributed by atoms with Crippen LogP contribution in [0.3, 0.4) is 0 Å². The maximum Gasteiger partial charge on any atom is 0.264 e. The molecule has 0 saturated heterocycles. The topological polar surface area (TPSA) is 86.8 Å². The lowest BCUT2D eigenvalue weighted by Gasteiger charge is -2.32. The second kappa shape index (κ2) is 8.88. The van der Waals surface area contributed by atoms with Crippen molar-refractivity contribution in [2.75, 3.05) is 27.6 Å². The zero-order chi connectivity index (χ0) is 23.8. The second-order valence-corrected chi connectivity index (χ2v) is 10.1. The summed E-state index contributed by atoms with van der Waals surface area (Å²) >= 11 is 5.94. The number of nitrogens with zero attached hydrogens (tertiary/aromatic N) is 2. The van der Waals surface area contributed by atoms with Gasteiger partial charge in [-0.25, -0.2) is 8.42 Å². The molecular formula is C24H22ClN3O4S. The Morgan fingerprint density at radius 2 is 1.73 bits per heavy atom. The Morgan fingerprint density at radius 3 is 2.42 bits per heavy atom. The van der Waals surface area contributed by atoms with Gasteiger partial charge in [-0.15, -0.1) is 0 Å². The number of amides is 2. The molecule has 1 N–H and O–H groups in total. The van der Waals surface area contributed by atoms with E-state index in [2.05, 4.69) is 5.32 Å². The van der Waals surface area contributed by atoms with Crippen LogP contribution in [-0.4, -0.2) is 33.3 Å². The zero-order valence-corrected chi connectivity index (χ0v) is 19.7. The quantitative estimate of drug-likeness (QED) is 0.591. The smallest absolute Gasteiger partial charge is 0.264 e. The second-order valence-electron chi connectivity index (χ2n) is 7.78. The fourth-order valence-electron chi connectivity index (χ4n) is 3.59. The number of hydrogen-bond donors (Lipinski definition) is 1. The molecule has 1 aliphatic rings. The van der Waals surface area contributed by atoms with Crippen molar-refractivity contribution in [2.24, 2.45) is 0 Å². The number of para-hydroxylation sites is 2. The van der Waals surface area contributed by atoms with E-state index in [1.54, 1.807) is 36.4 Å². The Balaban J connectivity index is 1.76. The lowest BCUT2D eigenvalue weighted by molar-refractivity contribution is -0.121. The summed E-state index contributed by atoms with van der Waals surface area (Å²) in [7, 11) is -4.10. The minimum atomic E-state index is -4.10. The van der Waals surface area contributed by atoms with Gasteiger partial charge in [-0.05, 0) is 73.5 Å². The number of anilines is 3. The van der Waals surface area contributed by atoms with Crippen molar-refractivity contribution >= 4 is 50.5 Å². The van der Waals surface area contributed by atoms with Gasteiger partial charge in [0.25, 0.3) is 10.0 Å². The number of sulfonamides is 1. The molecule has 0 saturated carbocycles. The summed E-state index contributed by atoms with van der Waals surface area (Å²) in [6.45, 7) is 3.12. The number of hydrogen-bond acceptors (Lipinski definition) is 4. The van der Waals surface area contributed by atoms with Gasteiger partial charge < -0.3 is 5.32 Å². The number of aryl methyl sites for hydroxylation is 2. The highest BCUT2D eigenvalue weighted by atomic mass is 35.5. The number of nitrogens with one attached hydrogen (secondary N) is 1. The van der Waals surface area contributed by atoms with E-state index in [9.17, 15) is 18.0 Å². The summed E-state index contributed by atoms with van der Waals surface area (Å²) < 4.78 is 28.3. The molecule has 4 rings (SSSR count). The van der Waals surface area contributed by atoms with Crippen LogP contribution in [0, 0.1) is 13.8 Å². The molecular weight excluding hydrogens is 462 g/mol. The average Bonchev–Trinajstić information content (AvgIpc) is 2.79. The molecule has 9 heteroatoms. The number of fused-ring (bicyclic) bond motifs is 1. The minimum absolute atomic E-state index is 0.00900. The first-order chi connectivity index (χ1) is 15.7. The first-order valence-electron chi connectivity index (χ1n) is 10.2. The molecule has 0 unspecified atom stereocenters. The Morgan fingerprint density at radius 1 is 1.03 bits per heavy atom. The van der Waals surface area contributed by atoms with E-state index in [4.69, 9.17) is 11.6 Å². The highest BCUT2D eigenvalue weighted by molar-refractivity contribution is 7.92. The van der Waals surface area contributed by atoms with Crippen molar-refractivity contribution in [3.05, 3.63) is 82.9 Å². The van der Waals surface area contributed by atoms with Crippen LogP contribution in [0.25, 0.3) is 0 Å². The summed E-state index contributed by atoms with van der Waals surface area (Å²) in [5.41, 5.74) is 3.26. The molecule has 0 aliphatic carbocycles. The van der Waals surface area contributed by atoms with Crippen molar-refractivity contribution in [1.29, 1.82) is 0 Å². The van der Waals surface area contributed by atoms with E-state index in [1.165, 1.54) is 29.2 Å². The Hall–Kier alpha value is -3.36. The van der Waals surface area contributed by atoms with Gasteiger partial charge in [0.1, 0.15) is 13.1 Å². The molecule has 2 amide bonds. The van der Waals surface area contributed by atoms with Crippen molar-refractivity contribution in [3.63, 3.8) is 0 Å². The molecule has 0 spiro atoms. The van der Waals surface area contributed by atoms with E-state index in [-0.39, 0.29) is 17.3 Å². The molecule has 1 aliphatic heterocycles. The highest BCUT2D eigenvalue weighted by Gasteiger charge is 2.32. The van der Waals surface area contributed by atoms with Gasteiger partial charge in [-0.2, -0.15) is 0 Å². The summed E-state index contributed by atoms with van der Waals surface area (Å²) in [4.78, 5) is 26.9. The van der Waals surface area contributed by atoms with Crippen molar-refractivity contribution < 1.29 is 18.0 Å². The van der Waals surface area contributed by atoms with Crippen LogP contribution < -0.4 is 14.5 Å². The molecule has 7 nitrogen and oxygen atoms in total. The lowest BCUT2D eigenvalue weighted by atomic mass is 10.1. The van der Waals surface area contributed by atoms with E-state index in [0.29, 0.717) is 22.1 Å². The minimum Gasteiger partial charge on any atom is -0.323 e. The van der Waals surface area contributed by atoms with Crippen LogP contribution in [-0.2, 0) is 19.6 Å². The van der Waals surface area contributed by atoms with E-state index in [0.717, 1.165) is 15.4 Å². The Kier molecular flexibility index (Phi) is 6.14. The maximum atomic E-state index is 13.6. The number of halogens is 1. The first-order valence-corrected chi connectivity index (χ1v) is 12.0. The summed E-state index contributed by atoms with van der Waals surface area (Å²) in [6.07, 6.45) is 0. The van der Waals surface area contributed by atoms with Gasteiger partial charge in [0.15, 0.2) is 0 Å². The normalized spacial score (nSPS) is 13.3. The molecule has 0 bridgehead atoms. The van der Waals surface area contributed by atoms with E-state index >= 15 is 0 Å². The fourth-order valence-corrected chi connectivity index (χ4v) is 5.13. The summed E-state index contributed by atoms with van der Waals surface area (Å²) in [5, 5.41) is 3.13. The molecule has 3 aromatic rings. The molecule has 0 fully saturated rings. The largest absolute Gasteiger partial charge is 0.323 e. The van der Waals surface area contributed by atoms with Crippen LogP contribution in [0.1, 0.15) is 11.1 Å². The van der Waals surface area contributed by atoms with Crippen molar-refractivity contribution in [2.45, 2.75) is 18.7 Å². The van der Waals surface area contributed by atoms with Crippen molar-refractivity contribution in [1.82, 2.24) is 0 Å². The van der Waals surface area contributed by atoms with Gasteiger partial charge in [0.05, 0.1) is 22.0 Å². The van der Waals surface area contributed by atoms with Crippen LogP contribution in [0.2, 0.25) is 5.02 Å². The zero-order valence-electron chi connectivity index (χ0n) is 18.1. The van der Waals surface area contributed by atoms with Crippen LogP contribution in [0.15, 0.2) is 71.6 Å². The Labute approximate surface area is 197 Å². The highest BCUT2D eigenvalue weighted by Crippen LogP contribution is 2.31. The Bertz CT molecular complexity index is 1340. The number of carbonyl (C=O) groups is 2. The third-order valence-corrected chi connectivity index (χ3v) is 7.57. The van der Waals surface area contributed by atoms with Crippen LogP contribution >= 0.6 is 11.6 Å². The van der Waals surface area contributed by atoms with Gasteiger partial charge in [0.2, 0.25) is 11.8 Å². The number of rotatable bonds is 5. The van der Waals surface area contributed by atoms with Gasteiger partial charge in [-0.3, -0.25) is 18.8 Å². The molecule has 170 valence electrons. The number of carbonyl (C=O) groups excluding carboxylic acids is 2. The van der Waals surface area contributed by atoms with E-state index in [1.807, 2.05) is 19.9 Å². The molecule has 0 atom stereocenters. The molecule has 0 aromatic heterocycles. The lowest BCUT2D eigenvalue weighted by Crippen LogP contribution is -2.48. The summed E-state index contributed by atoms with van der Waals surface area (Å²) in [6, 6.07) is 17.9. The first kappa shape index (κ1) is 22.8. The monoisotopic (exact) mass is 483 g/mol. The van der Waals surface area contributed by atoms with Gasteiger partial charge in [-0.1, -0.05) is 29.8 Å². The molecule has 3 aromatic carbocycles. The van der Waals surface area contributed by atoms with Crippen molar-refractivity contribution in [3.8, 4) is 0 Å². The van der Waals surface area contributed by atoms with Crippen LogP contribution in [0.4, 0.5) is 17.1 Å². The maximum absolute atomic E-state index is 13.6. The predicted octanol–water partition coefficient (Wildman–Crippen LogP) is 4.14. The molecule has 33 heavy (non-hydrogen) atoms. The van der Waals surface area contributed by atoms with Gasteiger partial charge >= 0.3 is 0 Å². The summed E-state index contributed by atoms with van der Waals surface area (Å²) in [5.74, 6) is -0.867. The fraction of sp³-hybridized carbons (Fsp3) is 0.167. The predicted molar refractivity (Wildman–Crippen MR) is 129 cm³/mol. The third-order valence-electron chi connectivity index (χ3n) is 5.53. The SMILES string of the molecule is Cc1ccc(N(CC(=O)N2CC(=O)Nc3ccccc32)S(=O)(=O)c2ccc(Cl)cc2)cc1C. The van der Waals surface area contributed by atoms with Crippen LogP contribution in [0.5, 0.6) is 0 Å². The molecule has 1 heterocycles. The number of benzene rings is 3.